The van der Waals surface area contributed by atoms with Gasteiger partial charge in [0.05, 0.1) is 6.42 Å². The van der Waals surface area contributed by atoms with E-state index in [0.29, 0.717) is 25.3 Å². The summed E-state index contributed by atoms with van der Waals surface area (Å²) in [5.74, 6) is 2.12. The van der Waals surface area contributed by atoms with E-state index in [1.165, 1.54) is 11.1 Å². The van der Waals surface area contributed by atoms with Crippen molar-refractivity contribution in [2.45, 2.75) is 33.4 Å². The minimum Gasteiger partial charge on any atom is -0.383 e. The number of nitrogens with zero attached hydrogens (tertiary/aromatic N) is 4. The van der Waals surface area contributed by atoms with Crippen LogP contribution in [0.1, 0.15) is 27.8 Å². The van der Waals surface area contributed by atoms with E-state index in [9.17, 15) is 4.79 Å². The molecule has 0 saturated carbocycles. The Balaban J connectivity index is 1.39. The van der Waals surface area contributed by atoms with Gasteiger partial charge in [0.2, 0.25) is 5.91 Å². The largest absolute Gasteiger partial charge is 0.383 e. The van der Waals surface area contributed by atoms with Gasteiger partial charge in [0.15, 0.2) is 0 Å². The van der Waals surface area contributed by atoms with Crippen LogP contribution in [0.15, 0.2) is 55.0 Å². The highest BCUT2D eigenvalue weighted by molar-refractivity contribution is 5.94. The van der Waals surface area contributed by atoms with Crippen LogP contribution >= 0.6 is 0 Å². The molecule has 2 heterocycles. The number of fused-ring (bicyclic) bond motifs is 1. The van der Waals surface area contributed by atoms with Gasteiger partial charge in [-0.2, -0.15) is 0 Å². The Labute approximate surface area is 205 Å². The summed E-state index contributed by atoms with van der Waals surface area (Å²) >= 11 is 0. The molecule has 0 saturated heterocycles. The number of anilines is 3. The number of carbonyl (C=O) groups excluding carboxylic acids is 1. The predicted molar refractivity (Wildman–Crippen MR) is 141 cm³/mol. The SMILES string of the molecule is Cc1cc2c(N)nccc2c(C)c1CNc1cc(NCc2ccc(CC(=O)N(C)C)cc2)ncn1. The summed E-state index contributed by atoms with van der Waals surface area (Å²) in [6, 6.07) is 14.0. The number of pyridine rings is 1. The van der Waals surface area contributed by atoms with Crippen molar-refractivity contribution >= 4 is 34.1 Å². The van der Waals surface area contributed by atoms with Crippen LogP contribution in [0.4, 0.5) is 17.5 Å². The number of aryl methyl sites for hydroxylation is 2. The molecule has 2 aromatic carbocycles. The monoisotopic (exact) mass is 469 g/mol. The van der Waals surface area contributed by atoms with Gasteiger partial charge < -0.3 is 21.3 Å². The van der Waals surface area contributed by atoms with Gasteiger partial charge in [-0.1, -0.05) is 24.3 Å². The molecule has 0 spiro atoms. The number of rotatable bonds is 8. The number of benzene rings is 2. The zero-order chi connectivity index (χ0) is 24.9. The van der Waals surface area contributed by atoms with Crippen molar-refractivity contribution in [1.82, 2.24) is 19.9 Å². The summed E-state index contributed by atoms with van der Waals surface area (Å²) in [6.45, 7) is 5.46. The van der Waals surface area contributed by atoms with Gasteiger partial charge in [0.1, 0.15) is 23.8 Å². The second-order valence-electron chi connectivity index (χ2n) is 8.87. The van der Waals surface area contributed by atoms with Gasteiger partial charge in [0.25, 0.3) is 0 Å². The van der Waals surface area contributed by atoms with Gasteiger partial charge in [-0.25, -0.2) is 15.0 Å². The highest BCUT2D eigenvalue weighted by Gasteiger charge is 2.11. The number of hydrogen-bond acceptors (Lipinski definition) is 7. The summed E-state index contributed by atoms with van der Waals surface area (Å²) in [4.78, 5) is 26.4. The minimum absolute atomic E-state index is 0.0899. The molecule has 4 rings (SSSR count). The first kappa shape index (κ1) is 23.9. The highest BCUT2D eigenvalue weighted by atomic mass is 16.2. The second-order valence-corrected chi connectivity index (χ2v) is 8.87. The molecule has 0 radical (unpaired) electrons. The van der Waals surface area contributed by atoms with Gasteiger partial charge in [-0.15, -0.1) is 0 Å². The third kappa shape index (κ3) is 5.66. The zero-order valence-electron chi connectivity index (χ0n) is 20.6. The summed E-state index contributed by atoms with van der Waals surface area (Å²) < 4.78 is 0. The number of amides is 1. The van der Waals surface area contributed by atoms with Crippen molar-refractivity contribution in [3.8, 4) is 0 Å². The molecule has 0 fully saturated rings. The molecule has 8 nitrogen and oxygen atoms in total. The molecule has 0 aliphatic heterocycles. The minimum atomic E-state index is 0.0899. The van der Waals surface area contributed by atoms with Crippen LogP contribution < -0.4 is 16.4 Å². The third-order valence-corrected chi connectivity index (χ3v) is 6.18. The van der Waals surface area contributed by atoms with Crippen LogP contribution in [0.2, 0.25) is 0 Å². The fourth-order valence-corrected chi connectivity index (χ4v) is 4.03. The van der Waals surface area contributed by atoms with E-state index < -0.39 is 0 Å². The van der Waals surface area contributed by atoms with Gasteiger partial charge in [-0.3, -0.25) is 4.79 Å². The third-order valence-electron chi connectivity index (χ3n) is 6.18. The lowest BCUT2D eigenvalue weighted by Gasteiger charge is -2.15. The number of hydrogen-bond donors (Lipinski definition) is 3. The lowest BCUT2D eigenvalue weighted by molar-refractivity contribution is -0.127. The number of nitrogens with two attached hydrogens (primary N) is 1. The van der Waals surface area contributed by atoms with Crippen molar-refractivity contribution in [1.29, 1.82) is 0 Å². The van der Waals surface area contributed by atoms with Crippen molar-refractivity contribution in [3.05, 3.63) is 82.8 Å². The fraction of sp³-hybridized carbons (Fsp3) is 0.259. The number of nitrogen functional groups attached to an aromatic ring is 1. The molecule has 0 bridgehead atoms. The van der Waals surface area contributed by atoms with E-state index >= 15 is 0 Å². The lowest BCUT2D eigenvalue weighted by atomic mass is 9.96. The normalized spacial score (nSPS) is 10.9. The Morgan fingerprint density at radius 2 is 1.54 bits per heavy atom. The molecule has 4 aromatic rings. The molecule has 4 N–H and O–H groups in total. The molecular formula is C27H31N7O. The Bertz CT molecular complexity index is 1350. The topological polar surface area (TPSA) is 109 Å². The molecule has 0 aliphatic rings. The number of aromatic nitrogens is 3. The van der Waals surface area contributed by atoms with E-state index in [1.54, 1.807) is 31.5 Å². The molecule has 0 aliphatic carbocycles. The Morgan fingerprint density at radius 3 is 2.23 bits per heavy atom. The van der Waals surface area contributed by atoms with Gasteiger partial charge in [0, 0.05) is 44.8 Å². The van der Waals surface area contributed by atoms with E-state index in [-0.39, 0.29) is 5.91 Å². The van der Waals surface area contributed by atoms with Crippen molar-refractivity contribution < 1.29 is 4.79 Å². The Morgan fingerprint density at radius 1 is 0.886 bits per heavy atom. The fourth-order valence-electron chi connectivity index (χ4n) is 4.03. The van der Waals surface area contributed by atoms with E-state index in [4.69, 9.17) is 5.73 Å². The standard InChI is InChI=1S/C27H31N7O/c1-17-11-22-21(9-10-29-27(22)28)18(2)23(17)15-31-25-13-24(32-16-33-25)30-14-20-7-5-19(6-8-20)12-26(35)34(3)4/h5-11,13,16H,12,14-15H2,1-4H3,(H2,28,29)(H2,30,31,32,33). The van der Waals surface area contributed by atoms with Crippen LogP contribution in [-0.2, 0) is 24.3 Å². The molecule has 8 heteroatoms. The van der Waals surface area contributed by atoms with Gasteiger partial charge >= 0.3 is 0 Å². The zero-order valence-corrected chi connectivity index (χ0v) is 20.6. The summed E-state index contributed by atoms with van der Waals surface area (Å²) in [7, 11) is 3.53. The lowest BCUT2D eigenvalue weighted by Crippen LogP contribution is -2.23. The summed E-state index contributed by atoms with van der Waals surface area (Å²) in [6.07, 6.45) is 3.70. The van der Waals surface area contributed by atoms with Crippen molar-refractivity contribution in [3.63, 3.8) is 0 Å². The first-order valence-corrected chi connectivity index (χ1v) is 11.5. The maximum absolute atomic E-state index is 11.9. The predicted octanol–water partition coefficient (Wildman–Crippen LogP) is 4.08. The Kier molecular flexibility index (Phi) is 7.10. The summed E-state index contributed by atoms with van der Waals surface area (Å²) in [5.41, 5.74) is 11.7. The molecule has 0 atom stereocenters. The number of nitrogens with one attached hydrogen (secondary N) is 2. The maximum Gasteiger partial charge on any atom is 0.226 e. The van der Waals surface area contributed by atoms with Gasteiger partial charge in [-0.05, 0) is 59.2 Å². The molecular weight excluding hydrogens is 438 g/mol. The second kappa shape index (κ2) is 10.4. The summed E-state index contributed by atoms with van der Waals surface area (Å²) in [5, 5.41) is 8.86. The smallest absolute Gasteiger partial charge is 0.226 e. The first-order valence-electron chi connectivity index (χ1n) is 11.5. The average molecular weight is 470 g/mol. The average Bonchev–Trinajstić information content (AvgIpc) is 2.84. The van der Waals surface area contributed by atoms with E-state index in [2.05, 4.69) is 45.5 Å². The number of likely N-dealkylation sites (N-methyl/N-ethyl adjacent to an activating group) is 1. The molecule has 1 amide bonds. The molecule has 0 unspecified atom stereocenters. The van der Waals surface area contributed by atoms with Crippen LogP contribution in [-0.4, -0.2) is 39.9 Å². The van der Waals surface area contributed by atoms with Crippen LogP contribution in [0, 0.1) is 13.8 Å². The van der Waals surface area contributed by atoms with Crippen LogP contribution in [0.3, 0.4) is 0 Å². The quantitative estimate of drug-likeness (QED) is 0.357. The first-order chi connectivity index (χ1) is 16.8. The number of carbonyl (C=O) groups is 1. The van der Waals surface area contributed by atoms with Crippen molar-refractivity contribution in [2.24, 2.45) is 0 Å². The Hall–Kier alpha value is -4.20. The van der Waals surface area contributed by atoms with E-state index in [0.717, 1.165) is 39.1 Å². The van der Waals surface area contributed by atoms with Crippen LogP contribution in [0.5, 0.6) is 0 Å². The van der Waals surface area contributed by atoms with Crippen molar-refractivity contribution in [2.75, 3.05) is 30.5 Å². The molecule has 180 valence electrons. The van der Waals surface area contributed by atoms with Crippen LogP contribution in [0.25, 0.3) is 10.8 Å². The molecule has 35 heavy (non-hydrogen) atoms. The molecule has 2 aromatic heterocycles. The maximum atomic E-state index is 11.9. The van der Waals surface area contributed by atoms with E-state index in [1.807, 2.05) is 36.4 Å². The highest BCUT2D eigenvalue weighted by Crippen LogP contribution is 2.28.